The first-order chi connectivity index (χ1) is 13.0. The van der Waals surface area contributed by atoms with E-state index in [1.54, 1.807) is 36.4 Å². The van der Waals surface area contributed by atoms with Crippen LogP contribution in [-0.2, 0) is 4.74 Å². The average molecular weight is 389 g/mol. The summed E-state index contributed by atoms with van der Waals surface area (Å²) in [4.78, 5) is 16.9. The number of amides is 1. The fourth-order valence-electron chi connectivity index (χ4n) is 4.06. The van der Waals surface area contributed by atoms with Crippen molar-refractivity contribution in [3.8, 4) is 0 Å². The monoisotopic (exact) mass is 388 g/mol. The Hall–Kier alpha value is -2.11. The maximum Gasteiger partial charge on any atom is 0.254 e. The van der Waals surface area contributed by atoms with Crippen molar-refractivity contribution >= 4 is 23.2 Å². The molecule has 2 aliphatic heterocycles. The van der Waals surface area contributed by atoms with E-state index in [0.29, 0.717) is 36.8 Å². The Morgan fingerprint density at radius 1 is 1.11 bits per heavy atom. The van der Waals surface area contributed by atoms with Gasteiger partial charge in [0.2, 0.25) is 0 Å². The van der Waals surface area contributed by atoms with Crippen LogP contribution in [0.1, 0.15) is 23.2 Å². The van der Waals surface area contributed by atoms with Crippen LogP contribution in [0.15, 0.2) is 48.5 Å². The minimum absolute atomic E-state index is 0.0249. The first kappa shape index (κ1) is 18.3. The molecule has 0 N–H and O–H groups in total. The number of piperidine rings is 1. The van der Waals surface area contributed by atoms with Gasteiger partial charge in [-0.1, -0.05) is 23.7 Å². The molecule has 0 radical (unpaired) electrons. The van der Waals surface area contributed by atoms with Crippen LogP contribution in [0.25, 0.3) is 0 Å². The van der Waals surface area contributed by atoms with Gasteiger partial charge in [-0.3, -0.25) is 4.79 Å². The summed E-state index contributed by atoms with van der Waals surface area (Å²) in [5, 5.41) is 0.554. The van der Waals surface area contributed by atoms with Crippen molar-refractivity contribution in [2.24, 2.45) is 0 Å². The Morgan fingerprint density at radius 2 is 1.96 bits per heavy atom. The molecule has 2 aliphatic rings. The third kappa shape index (κ3) is 3.94. The molecule has 2 fully saturated rings. The lowest BCUT2D eigenvalue weighted by atomic mass is 9.90. The van der Waals surface area contributed by atoms with E-state index in [1.165, 1.54) is 6.07 Å². The number of nitrogens with zero attached hydrogens (tertiary/aromatic N) is 2. The van der Waals surface area contributed by atoms with Crippen LogP contribution in [0.4, 0.5) is 10.1 Å². The van der Waals surface area contributed by atoms with Crippen molar-refractivity contribution in [2.45, 2.75) is 18.4 Å². The lowest BCUT2D eigenvalue weighted by Gasteiger charge is -2.48. The van der Waals surface area contributed by atoms with E-state index < -0.39 is 5.60 Å². The lowest BCUT2D eigenvalue weighted by molar-refractivity contribution is -0.105. The van der Waals surface area contributed by atoms with Crippen molar-refractivity contribution in [1.29, 1.82) is 0 Å². The summed E-state index contributed by atoms with van der Waals surface area (Å²) in [5.41, 5.74) is 1.03. The predicted molar refractivity (Wildman–Crippen MR) is 104 cm³/mol. The number of morpholine rings is 1. The normalized spacial score (nSPS) is 22.9. The Labute approximate surface area is 163 Å². The Bertz CT molecular complexity index is 842. The maximum absolute atomic E-state index is 13.6. The van der Waals surface area contributed by atoms with Crippen LogP contribution < -0.4 is 4.90 Å². The number of ether oxygens (including phenoxy) is 1. The summed E-state index contributed by atoms with van der Waals surface area (Å²) in [6.45, 7) is 3.10. The third-order valence-corrected chi connectivity index (χ3v) is 5.56. The SMILES string of the molecule is O=C(c1cccc(Cl)c1)N1CCOC2(CCCN(c3cccc(F)c3)C2)C1. The average Bonchev–Trinajstić information content (AvgIpc) is 2.67. The zero-order valence-corrected chi connectivity index (χ0v) is 15.8. The fraction of sp³-hybridized carbons (Fsp3) is 0.381. The lowest BCUT2D eigenvalue weighted by Crippen LogP contribution is -2.60. The predicted octanol–water partition coefficient (Wildman–Crippen LogP) is 3.99. The molecule has 2 aromatic carbocycles. The number of benzene rings is 2. The summed E-state index contributed by atoms with van der Waals surface area (Å²) in [6, 6.07) is 13.7. The van der Waals surface area contributed by atoms with E-state index in [9.17, 15) is 9.18 Å². The van der Waals surface area contributed by atoms with Gasteiger partial charge in [0, 0.05) is 35.9 Å². The number of anilines is 1. The zero-order chi connectivity index (χ0) is 18.9. The number of halogens is 2. The number of carbonyl (C=O) groups excluding carboxylic acids is 1. The van der Waals surface area contributed by atoms with Crippen LogP contribution in [-0.4, -0.2) is 49.2 Å². The Balaban J connectivity index is 1.52. The molecule has 4 nitrogen and oxygen atoms in total. The second kappa shape index (κ2) is 7.49. The molecule has 0 aliphatic carbocycles. The Kier molecular flexibility index (Phi) is 5.06. The van der Waals surface area contributed by atoms with Gasteiger partial charge < -0.3 is 14.5 Å². The molecule has 6 heteroatoms. The Morgan fingerprint density at radius 3 is 2.78 bits per heavy atom. The van der Waals surface area contributed by atoms with Gasteiger partial charge in [0.1, 0.15) is 11.4 Å². The van der Waals surface area contributed by atoms with Crippen LogP contribution in [0, 0.1) is 5.82 Å². The second-order valence-electron chi connectivity index (χ2n) is 7.27. The van der Waals surface area contributed by atoms with E-state index in [0.717, 1.165) is 25.1 Å². The maximum atomic E-state index is 13.6. The summed E-state index contributed by atoms with van der Waals surface area (Å²) < 4.78 is 19.8. The zero-order valence-electron chi connectivity index (χ0n) is 15.0. The molecule has 0 aromatic heterocycles. The highest BCUT2D eigenvalue weighted by Crippen LogP contribution is 2.32. The summed E-state index contributed by atoms with van der Waals surface area (Å²) in [5.74, 6) is -0.266. The molecule has 1 amide bonds. The first-order valence-electron chi connectivity index (χ1n) is 9.24. The van der Waals surface area contributed by atoms with Crippen molar-refractivity contribution < 1.29 is 13.9 Å². The number of carbonyl (C=O) groups is 1. The van der Waals surface area contributed by atoms with Gasteiger partial charge >= 0.3 is 0 Å². The molecule has 1 spiro atoms. The topological polar surface area (TPSA) is 32.8 Å². The summed E-state index contributed by atoms with van der Waals surface area (Å²) in [7, 11) is 0. The molecular formula is C21H22ClFN2O2. The van der Waals surface area contributed by atoms with E-state index in [2.05, 4.69) is 4.90 Å². The standard InChI is InChI=1S/C21H22ClFN2O2/c22-17-5-1-4-16(12-17)20(26)25-10-11-27-21(15-25)8-3-9-24(14-21)19-7-2-6-18(23)13-19/h1-2,4-7,12-13H,3,8-11,14-15H2. The van der Waals surface area contributed by atoms with Crippen molar-refractivity contribution in [1.82, 2.24) is 4.90 Å². The highest BCUT2D eigenvalue weighted by atomic mass is 35.5. The molecular weight excluding hydrogens is 367 g/mol. The first-order valence-corrected chi connectivity index (χ1v) is 9.62. The quantitative estimate of drug-likeness (QED) is 0.779. The third-order valence-electron chi connectivity index (χ3n) is 5.32. The van der Waals surface area contributed by atoms with E-state index in [1.807, 2.05) is 11.0 Å². The second-order valence-corrected chi connectivity index (χ2v) is 7.71. The van der Waals surface area contributed by atoms with Gasteiger partial charge in [-0.05, 0) is 49.2 Å². The minimum Gasteiger partial charge on any atom is -0.369 e. The molecule has 1 atom stereocenters. The number of rotatable bonds is 2. The van der Waals surface area contributed by atoms with Gasteiger partial charge in [-0.25, -0.2) is 4.39 Å². The molecule has 2 aromatic rings. The molecule has 142 valence electrons. The van der Waals surface area contributed by atoms with Gasteiger partial charge in [0.15, 0.2) is 0 Å². The molecule has 0 bridgehead atoms. The molecule has 1 unspecified atom stereocenters. The van der Waals surface area contributed by atoms with E-state index in [-0.39, 0.29) is 11.7 Å². The van der Waals surface area contributed by atoms with Crippen molar-refractivity contribution in [3.63, 3.8) is 0 Å². The highest BCUT2D eigenvalue weighted by Gasteiger charge is 2.42. The fourth-order valence-corrected chi connectivity index (χ4v) is 4.25. The number of hydrogen-bond acceptors (Lipinski definition) is 3. The molecule has 2 heterocycles. The molecule has 0 saturated carbocycles. The van der Waals surface area contributed by atoms with Crippen molar-refractivity contribution in [2.75, 3.05) is 37.7 Å². The van der Waals surface area contributed by atoms with Crippen LogP contribution in [0.5, 0.6) is 0 Å². The molecule has 2 saturated heterocycles. The van der Waals surface area contributed by atoms with Gasteiger partial charge in [0.25, 0.3) is 5.91 Å². The smallest absolute Gasteiger partial charge is 0.254 e. The summed E-state index contributed by atoms with van der Waals surface area (Å²) in [6.07, 6.45) is 1.83. The van der Waals surface area contributed by atoms with Gasteiger partial charge in [0.05, 0.1) is 13.2 Å². The molecule has 27 heavy (non-hydrogen) atoms. The van der Waals surface area contributed by atoms with Crippen LogP contribution in [0.3, 0.4) is 0 Å². The van der Waals surface area contributed by atoms with Gasteiger partial charge in [-0.2, -0.15) is 0 Å². The number of hydrogen-bond donors (Lipinski definition) is 0. The van der Waals surface area contributed by atoms with E-state index >= 15 is 0 Å². The van der Waals surface area contributed by atoms with Crippen molar-refractivity contribution in [3.05, 3.63) is 64.9 Å². The van der Waals surface area contributed by atoms with Gasteiger partial charge in [-0.15, -0.1) is 0 Å². The highest BCUT2D eigenvalue weighted by molar-refractivity contribution is 6.30. The minimum atomic E-state index is -0.420. The van der Waals surface area contributed by atoms with Crippen LogP contribution in [0.2, 0.25) is 5.02 Å². The summed E-state index contributed by atoms with van der Waals surface area (Å²) >= 11 is 6.04. The largest absolute Gasteiger partial charge is 0.369 e. The van der Waals surface area contributed by atoms with Crippen LogP contribution >= 0.6 is 11.6 Å². The molecule has 4 rings (SSSR count). The van der Waals surface area contributed by atoms with E-state index in [4.69, 9.17) is 16.3 Å².